The molecule has 10 heteroatoms. The van der Waals surface area contributed by atoms with Gasteiger partial charge in [-0.05, 0) is 61.2 Å². The highest BCUT2D eigenvalue weighted by Gasteiger charge is 2.35. The fourth-order valence-electron chi connectivity index (χ4n) is 5.42. The van der Waals surface area contributed by atoms with Gasteiger partial charge in [0, 0.05) is 18.7 Å². The minimum absolute atomic E-state index is 0.0200. The van der Waals surface area contributed by atoms with Crippen LogP contribution in [0, 0.1) is 5.82 Å². The van der Waals surface area contributed by atoms with Crippen molar-refractivity contribution in [1.82, 2.24) is 9.47 Å². The van der Waals surface area contributed by atoms with E-state index in [1.165, 1.54) is 28.0 Å². The number of rotatable bonds is 8. The zero-order chi connectivity index (χ0) is 30.6. The molecule has 3 aromatic carbocycles. The molecule has 0 radical (unpaired) electrons. The van der Waals surface area contributed by atoms with Gasteiger partial charge < -0.3 is 14.4 Å². The van der Waals surface area contributed by atoms with Crippen LogP contribution in [-0.2, 0) is 14.3 Å². The average Bonchev–Trinajstić information content (AvgIpc) is 3.69. The van der Waals surface area contributed by atoms with E-state index in [0.29, 0.717) is 31.9 Å². The van der Waals surface area contributed by atoms with Crippen molar-refractivity contribution in [2.24, 2.45) is 4.99 Å². The summed E-state index contributed by atoms with van der Waals surface area (Å²) >= 11 is 1.20. The number of hydrogen-bond acceptors (Lipinski definition) is 7. The van der Waals surface area contributed by atoms with E-state index in [-0.39, 0.29) is 30.3 Å². The third-order valence-electron chi connectivity index (χ3n) is 7.56. The monoisotopic (exact) mass is 611 g/mol. The first-order valence-corrected chi connectivity index (χ1v) is 15.3. The number of likely N-dealkylation sites (tertiary alicyclic amines) is 1. The summed E-state index contributed by atoms with van der Waals surface area (Å²) < 4.78 is 27.0. The molecule has 2 aliphatic rings. The number of nitrogens with zero attached hydrogens (tertiary/aromatic N) is 3. The van der Waals surface area contributed by atoms with Gasteiger partial charge in [-0.2, -0.15) is 0 Å². The number of benzene rings is 3. The van der Waals surface area contributed by atoms with Crippen molar-refractivity contribution < 1.29 is 23.5 Å². The van der Waals surface area contributed by atoms with E-state index in [9.17, 15) is 18.8 Å². The quantitative estimate of drug-likeness (QED) is 0.280. The van der Waals surface area contributed by atoms with Crippen LogP contribution in [0.5, 0.6) is 5.75 Å². The minimum atomic E-state index is -0.882. The van der Waals surface area contributed by atoms with Crippen molar-refractivity contribution in [3.05, 3.63) is 127 Å². The standard InChI is InChI=1S/C34H30FN3O5S/c1-2-42-33(41)29-30(23-8-4-3-5-9-23)36-34-38(31(29)24-12-14-25(35)15-13-24)32(40)27(44-34)20-22-10-16-26(17-11-22)43-21-28(39)37-18-6-7-19-37/h3-5,8-17,20,31H,2,6-7,18-19,21H2,1H3/b27-20+/t31-/m0/s1. The zero-order valence-corrected chi connectivity index (χ0v) is 24.9. The zero-order valence-electron chi connectivity index (χ0n) is 24.1. The van der Waals surface area contributed by atoms with E-state index in [2.05, 4.69) is 0 Å². The van der Waals surface area contributed by atoms with Crippen LogP contribution in [0.1, 0.15) is 42.5 Å². The van der Waals surface area contributed by atoms with Crippen LogP contribution in [-0.4, -0.2) is 47.6 Å². The van der Waals surface area contributed by atoms with Crippen LogP contribution in [0.4, 0.5) is 4.39 Å². The van der Waals surface area contributed by atoms with Crippen LogP contribution in [0.15, 0.2) is 94.2 Å². The molecule has 0 bridgehead atoms. The van der Waals surface area contributed by atoms with Gasteiger partial charge in [-0.15, -0.1) is 0 Å². The number of carbonyl (C=O) groups excluding carboxylic acids is 2. The smallest absolute Gasteiger partial charge is 0.338 e. The first kappa shape index (κ1) is 29.3. The van der Waals surface area contributed by atoms with Gasteiger partial charge in [0.2, 0.25) is 0 Å². The summed E-state index contributed by atoms with van der Waals surface area (Å²) in [5, 5.41) is 0. The molecule has 4 aromatic rings. The van der Waals surface area contributed by atoms with Gasteiger partial charge in [0.15, 0.2) is 11.4 Å². The number of halogens is 1. The average molecular weight is 612 g/mol. The van der Waals surface area contributed by atoms with Crippen molar-refractivity contribution in [1.29, 1.82) is 0 Å². The number of aromatic nitrogens is 1. The molecule has 6 rings (SSSR count). The predicted molar refractivity (Wildman–Crippen MR) is 165 cm³/mol. The van der Waals surface area contributed by atoms with Gasteiger partial charge in [-0.1, -0.05) is 65.9 Å². The topological polar surface area (TPSA) is 90.2 Å². The van der Waals surface area contributed by atoms with Crippen molar-refractivity contribution >= 4 is 35.0 Å². The maximum atomic E-state index is 14.0. The molecule has 0 unspecified atom stereocenters. The van der Waals surface area contributed by atoms with E-state index >= 15 is 0 Å². The van der Waals surface area contributed by atoms with Crippen molar-refractivity contribution in [2.75, 3.05) is 26.3 Å². The van der Waals surface area contributed by atoms with Crippen LogP contribution in [0.25, 0.3) is 11.8 Å². The normalized spacial score (nSPS) is 16.5. The number of ether oxygens (including phenoxy) is 2. The van der Waals surface area contributed by atoms with Crippen molar-refractivity contribution in [2.45, 2.75) is 25.8 Å². The number of fused-ring (bicyclic) bond motifs is 1. The number of amides is 1. The second-order valence-electron chi connectivity index (χ2n) is 10.4. The van der Waals surface area contributed by atoms with Crippen molar-refractivity contribution in [3.63, 3.8) is 0 Å². The number of carbonyl (C=O) groups is 2. The van der Waals surface area contributed by atoms with E-state index in [4.69, 9.17) is 14.5 Å². The van der Waals surface area contributed by atoms with Crippen LogP contribution >= 0.6 is 11.3 Å². The lowest BCUT2D eigenvalue weighted by atomic mass is 9.93. The van der Waals surface area contributed by atoms with Gasteiger partial charge in [0.05, 0.1) is 28.5 Å². The number of hydrogen-bond donors (Lipinski definition) is 0. The fourth-order valence-corrected chi connectivity index (χ4v) is 6.42. The van der Waals surface area contributed by atoms with E-state index in [1.807, 2.05) is 47.4 Å². The molecular formula is C34H30FN3O5S. The maximum Gasteiger partial charge on any atom is 0.338 e. The highest BCUT2D eigenvalue weighted by atomic mass is 32.1. The van der Waals surface area contributed by atoms with Gasteiger partial charge in [0.1, 0.15) is 11.6 Å². The minimum Gasteiger partial charge on any atom is -0.484 e. The maximum absolute atomic E-state index is 14.0. The summed E-state index contributed by atoms with van der Waals surface area (Å²) in [4.78, 5) is 46.8. The molecule has 1 amide bonds. The second-order valence-corrected chi connectivity index (χ2v) is 11.4. The molecule has 0 spiro atoms. The Hall–Kier alpha value is -4.83. The predicted octanol–water partition coefficient (Wildman–Crippen LogP) is 4.08. The first-order valence-electron chi connectivity index (χ1n) is 14.5. The van der Waals surface area contributed by atoms with E-state index < -0.39 is 17.8 Å². The molecule has 1 aromatic heterocycles. The molecule has 1 saturated heterocycles. The highest BCUT2D eigenvalue weighted by Crippen LogP contribution is 2.35. The lowest BCUT2D eigenvalue weighted by Crippen LogP contribution is -2.40. The number of esters is 1. The highest BCUT2D eigenvalue weighted by molar-refractivity contribution is 7.07. The van der Waals surface area contributed by atoms with Crippen LogP contribution < -0.4 is 19.6 Å². The molecule has 3 heterocycles. The SMILES string of the molecule is CCOC(=O)C1=C(c2ccccc2)N=c2s/c(=C/c3ccc(OCC(=O)N4CCCC4)cc3)c(=O)n2[C@H]1c1ccc(F)cc1. The van der Waals surface area contributed by atoms with Crippen LogP contribution in [0.2, 0.25) is 0 Å². The second kappa shape index (κ2) is 12.8. The Morgan fingerprint density at radius 2 is 1.70 bits per heavy atom. The molecule has 224 valence electrons. The van der Waals surface area contributed by atoms with Gasteiger partial charge in [-0.25, -0.2) is 14.2 Å². The summed E-state index contributed by atoms with van der Waals surface area (Å²) in [5.41, 5.74) is 2.26. The van der Waals surface area contributed by atoms with Gasteiger partial charge >= 0.3 is 5.97 Å². The van der Waals surface area contributed by atoms with Crippen molar-refractivity contribution in [3.8, 4) is 5.75 Å². The third-order valence-corrected chi connectivity index (χ3v) is 8.54. The molecule has 0 aliphatic carbocycles. The van der Waals surface area contributed by atoms with Gasteiger partial charge in [0.25, 0.3) is 11.5 Å². The molecule has 1 atom stereocenters. The van der Waals surface area contributed by atoms with E-state index in [0.717, 1.165) is 31.5 Å². The largest absolute Gasteiger partial charge is 0.484 e. The summed E-state index contributed by atoms with van der Waals surface area (Å²) in [7, 11) is 0. The summed E-state index contributed by atoms with van der Waals surface area (Å²) in [6, 6.07) is 21.2. The lowest BCUT2D eigenvalue weighted by Gasteiger charge is -2.25. The first-order chi connectivity index (χ1) is 21.4. The fraction of sp³-hybridized carbons (Fsp3) is 0.235. The molecule has 2 aliphatic heterocycles. The Kier molecular flexibility index (Phi) is 8.51. The summed E-state index contributed by atoms with van der Waals surface area (Å²) in [6.07, 6.45) is 3.79. The molecule has 44 heavy (non-hydrogen) atoms. The number of thiazole rings is 1. The Bertz CT molecular complexity index is 1890. The molecular weight excluding hydrogens is 581 g/mol. The summed E-state index contributed by atoms with van der Waals surface area (Å²) in [5.74, 6) is -0.504. The molecule has 0 saturated carbocycles. The third kappa shape index (κ3) is 5.98. The Balaban J connectivity index is 1.40. The molecule has 1 fully saturated rings. The van der Waals surface area contributed by atoms with E-state index in [1.54, 1.807) is 37.3 Å². The molecule has 0 N–H and O–H groups in total. The van der Waals surface area contributed by atoms with Gasteiger partial charge in [-0.3, -0.25) is 14.2 Å². The Morgan fingerprint density at radius 3 is 2.39 bits per heavy atom. The van der Waals surface area contributed by atoms with Crippen LogP contribution in [0.3, 0.4) is 0 Å². The summed E-state index contributed by atoms with van der Waals surface area (Å²) in [6.45, 7) is 3.37. The molecule has 8 nitrogen and oxygen atoms in total. The Labute approximate surface area is 257 Å². The lowest BCUT2D eigenvalue weighted by molar-refractivity contribution is -0.139. The Morgan fingerprint density at radius 1 is 1.00 bits per heavy atom.